The second kappa shape index (κ2) is 5.21. The number of nitrogens with two attached hydrogens (primary N) is 1. The van der Waals surface area contributed by atoms with Crippen LogP contribution in [-0.2, 0) is 11.3 Å². The minimum absolute atomic E-state index is 0.104. The normalized spacial score (nSPS) is 18.5. The molecule has 2 amide bonds. The molecule has 1 aliphatic rings. The third-order valence-electron chi connectivity index (χ3n) is 3.79. The molecule has 1 aromatic heterocycles. The Labute approximate surface area is 121 Å². The predicted octanol–water partition coefficient (Wildman–Crippen LogP) is 1.40. The Bertz CT molecular complexity index is 707. The van der Waals surface area contributed by atoms with E-state index in [0.717, 1.165) is 5.39 Å². The summed E-state index contributed by atoms with van der Waals surface area (Å²) in [5, 5.41) is 0.837. The maximum Gasteiger partial charge on any atom is 0.301 e. The third-order valence-corrected chi connectivity index (χ3v) is 3.79. The standard InChI is InChI=1S/C15H17N3O3/c1-9-6-13(19)18(7-9)8-11-10-4-2-3-5-12(10)21-14(11)15(20)17-16/h2-5,9H,6-8,16H2,1H3,(H,17,20). The highest BCUT2D eigenvalue weighted by molar-refractivity contribution is 5.99. The fourth-order valence-electron chi connectivity index (χ4n) is 2.82. The van der Waals surface area contributed by atoms with E-state index in [9.17, 15) is 9.59 Å². The Morgan fingerprint density at radius 2 is 2.24 bits per heavy atom. The number of carbonyl (C=O) groups is 2. The summed E-state index contributed by atoms with van der Waals surface area (Å²) in [7, 11) is 0. The largest absolute Gasteiger partial charge is 0.450 e. The van der Waals surface area contributed by atoms with Crippen LogP contribution in [0.15, 0.2) is 28.7 Å². The molecule has 6 heteroatoms. The van der Waals surface area contributed by atoms with Crippen LogP contribution in [0.3, 0.4) is 0 Å². The summed E-state index contributed by atoms with van der Waals surface area (Å²) in [6.45, 7) is 3.10. The lowest BCUT2D eigenvalue weighted by Crippen LogP contribution is -2.31. The van der Waals surface area contributed by atoms with Crippen LogP contribution in [0.4, 0.5) is 0 Å². The van der Waals surface area contributed by atoms with Crippen molar-refractivity contribution in [3.05, 3.63) is 35.6 Å². The van der Waals surface area contributed by atoms with Gasteiger partial charge < -0.3 is 9.32 Å². The SMILES string of the molecule is CC1CC(=O)N(Cc2c(C(=O)NN)oc3ccccc23)C1. The van der Waals surface area contributed by atoms with Crippen molar-refractivity contribution in [3.8, 4) is 0 Å². The van der Waals surface area contributed by atoms with Crippen molar-refractivity contribution < 1.29 is 14.0 Å². The molecule has 1 atom stereocenters. The molecule has 6 nitrogen and oxygen atoms in total. The van der Waals surface area contributed by atoms with Gasteiger partial charge in [0.15, 0.2) is 5.76 Å². The minimum Gasteiger partial charge on any atom is -0.450 e. The smallest absolute Gasteiger partial charge is 0.301 e. The quantitative estimate of drug-likeness (QED) is 0.507. The molecular weight excluding hydrogens is 270 g/mol. The second-order valence-electron chi connectivity index (χ2n) is 5.46. The van der Waals surface area contributed by atoms with Crippen LogP contribution >= 0.6 is 0 Å². The summed E-state index contributed by atoms with van der Waals surface area (Å²) >= 11 is 0. The Hall–Kier alpha value is -2.34. The third kappa shape index (κ3) is 2.38. The second-order valence-corrected chi connectivity index (χ2v) is 5.46. The highest BCUT2D eigenvalue weighted by atomic mass is 16.3. The van der Waals surface area contributed by atoms with Gasteiger partial charge in [0.2, 0.25) is 5.91 Å². The zero-order valence-corrected chi connectivity index (χ0v) is 11.8. The average molecular weight is 287 g/mol. The van der Waals surface area contributed by atoms with E-state index in [0.29, 0.717) is 36.6 Å². The molecule has 0 saturated carbocycles. The number of hydrazine groups is 1. The van der Waals surface area contributed by atoms with Gasteiger partial charge in [-0.3, -0.25) is 15.0 Å². The zero-order valence-electron chi connectivity index (χ0n) is 11.8. The molecular formula is C15H17N3O3. The summed E-state index contributed by atoms with van der Waals surface area (Å²) in [5.41, 5.74) is 3.41. The molecule has 0 aliphatic carbocycles. The number of amides is 2. The van der Waals surface area contributed by atoms with E-state index in [4.69, 9.17) is 10.3 Å². The summed E-state index contributed by atoms with van der Waals surface area (Å²) in [5.74, 6) is 5.34. The topological polar surface area (TPSA) is 88.6 Å². The molecule has 0 bridgehead atoms. The van der Waals surface area contributed by atoms with Crippen LogP contribution in [0, 0.1) is 5.92 Å². The monoisotopic (exact) mass is 287 g/mol. The fourth-order valence-corrected chi connectivity index (χ4v) is 2.82. The lowest BCUT2D eigenvalue weighted by molar-refractivity contribution is -0.128. The van der Waals surface area contributed by atoms with E-state index in [1.54, 1.807) is 11.0 Å². The molecule has 2 aromatic rings. The van der Waals surface area contributed by atoms with Gasteiger partial charge in [0.25, 0.3) is 0 Å². The first-order chi connectivity index (χ1) is 10.1. The van der Waals surface area contributed by atoms with Gasteiger partial charge in [-0.1, -0.05) is 25.1 Å². The molecule has 2 heterocycles. The van der Waals surface area contributed by atoms with Gasteiger partial charge in [-0.2, -0.15) is 0 Å². The van der Waals surface area contributed by atoms with Crippen molar-refractivity contribution in [3.63, 3.8) is 0 Å². The number of likely N-dealkylation sites (tertiary alicyclic amines) is 1. The molecule has 3 rings (SSSR count). The fraction of sp³-hybridized carbons (Fsp3) is 0.333. The van der Waals surface area contributed by atoms with Crippen molar-refractivity contribution >= 4 is 22.8 Å². The first kappa shape index (κ1) is 13.6. The lowest BCUT2D eigenvalue weighted by Gasteiger charge is -2.16. The molecule has 0 radical (unpaired) electrons. The van der Waals surface area contributed by atoms with Crippen molar-refractivity contribution in [2.75, 3.05) is 6.54 Å². The molecule has 3 N–H and O–H groups in total. The molecule has 21 heavy (non-hydrogen) atoms. The number of carbonyl (C=O) groups excluding carboxylic acids is 2. The maximum atomic E-state index is 12.0. The minimum atomic E-state index is -0.485. The van der Waals surface area contributed by atoms with E-state index in [1.807, 2.05) is 25.1 Å². The summed E-state index contributed by atoms with van der Waals surface area (Å²) < 4.78 is 5.59. The van der Waals surface area contributed by atoms with Crippen molar-refractivity contribution in [1.29, 1.82) is 0 Å². The van der Waals surface area contributed by atoms with Crippen LogP contribution in [0.1, 0.15) is 29.5 Å². The summed E-state index contributed by atoms with van der Waals surface area (Å²) in [6, 6.07) is 7.38. The molecule has 1 aromatic carbocycles. The van der Waals surface area contributed by atoms with Crippen molar-refractivity contribution in [2.45, 2.75) is 19.9 Å². The lowest BCUT2D eigenvalue weighted by atomic mass is 10.1. The van der Waals surface area contributed by atoms with Gasteiger partial charge in [-0.05, 0) is 12.0 Å². The van der Waals surface area contributed by atoms with Crippen LogP contribution in [0.5, 0.6) is 0 Å². The van der Waals surface area contributed by atoms with Crippen LogP contribution < -0.4 is 11.3 Å². The van der Waals surface area contributed by atoms with Gasteiger partial charge in [-0.25, -0.2) is 5.84 Å². The number of para-hydroxylation sites is 1. The number of nitrogens with zero attached hydrogens (tertiary/aromatic N) is 1. The summed E-state index contributed by atoms with van der Waals surface area (Å²) in [4.78, 5) is 25.6. The molecule has 1 saturated heterocycles. The maximum absolute atomic E-state index is 12.0. The number of hydrogen-bond acceptors (Lipinski definition) is 4. The first-order valence-electron chi connectivity index (χ1n) is 6.89. The number of fused-ring (bicyclic) bond motifs is 1. The Morgan fingerprint density at radius 1 is 1.48 bits per heavy atom. The highest BCUT2D eigenvalue weighted by Crippen LogP contribution is 2.29. The van der Waals surface area contributed by atoms with Gasteiger partial charge in [0, 0.05) is 23.9 Å². The Morgan fingerprint density at radius 3 is 2.90 bits per heavy atom. The summed E-state index contributed by atoms with van der Waals surface area (Å²) in [6.07, 6.45) is 0.550. The van der Waals surface area contributed by atoms with Crippen LogP contribution in [-0.4, -0.2) is 23.3 Å². The Kier molecular flexibility index (Phi) is 3.39. The van der Waals surface area contributed by atoms with E-state index < -0.39 is 5.91 Å². The first-order valence-corrected chi connectivity index (χ1v) is 6.89. The number of nitrogens with one attached hydrogen (secondary N) is 1. The van der Waals surface area contributed by atoms with Gasteiger partial charge >= 0.3 is 5.91 Å². The van der Waals surface area contributed by atoms with Crippen molar-refractivity contribution in [1.82, 2.24) is 10.3 Å². The zero-order chi connectivity index (χ0) is 15.0. The average Bonchev–Trinajstić information content (AvgIpc) is 2.99. The molecule has 1 unspecified atom stereocenters. The number of nitrogen functional groups attached to an aromatic ring is 1. The van der Waals surface area contributed by atoms with Crippen LogP contribution in [0.25, 0.3) is 11.0 Å². The van der Waals surface area contributed by atoms with Crippen molar-refractivity contribution in [2.24, 2.45) is 11.8 Å². The van der Waals surface area contributed by atoms with E-state index in [2.05, 4.69) is 5.43 Å². The van der Waals surface area contributed by atoms with E-state index in [1.165, 1.54) is 0 Å². The predicted molar refractivity (Wildman–Crippen MR) is 77.1 cm³/mol. The number of benzene rings is 1. The molecule has 0 spiro atoms. The number of furan rings is 1. The van der Waals surface area contributed by atoms with Gasteiger partial charge in [0.1, 0.15) is 5.58 Å². The van der Waals surface area contributed by atoms with Gasteiger partial charge in [0.05, 0.1) is 6.54 Å². The highest BCUT2D eigenvalue weighted by Gasteiger charge is 2.29. The number of rotatable bonds is 3. The van der Waals surface area contributed by atoms with Gasteiger partial charge in [-0.15, -0.1) is 0 Å². The van der Waals surface area contributed by atoms with Crippen LogP contribution in [0.2, 0.25) is 0 Å². The molecule has 110 valence electrons. The Balaban J connectivity index is 2.03. The molecule has 1 aliphatic heterocycles. The van der Waals surface area contributed by atoms with E-state index in [-0.39, 0.29) is 11.7 Å². The molecule has 1 fully saturated rings. The number of hydrogen-bond donors (Lipinski definition) is 2. The van der Waals surface area contributed by atoms with E-state index >= 15 is 0 Å².